The lowest BCUT2D eigenvalue weighted by atomic mass is 9.87. The molecule has 120 valence electrons. The van der Waals surface area contributed by atoms with Crippen LogP contribution < -0.4 is 14.8 Å². The number of sulfonamides is 1. The summed E-state index contributed by atoms with van der Waals surface area (Å²) < 4.78 is 33.1. The normalized spacial score (nSPS) is 25.0. The van der Waals surface area contributed by atoms with E-state index in [1.54, 1.807) is 6.07 Å². The molecule has 0 aromatic heterocycles. The molecule has 0 saturated heterocycles. The van der Waals surface area contributed by atoms with Crippen molar-refractivity contribution in [2.24, 2.45) is 5.92 Å². The fourth-order valence-electron chi connectivity index (χ4n) is 2.99. The van der Waals surface area contributed by atoms with E-state index in [1.165, 1.54) is 12.1 Å². The molecule has 0 spiro atoms. The molecule has 6 nitrogen and oxygen atoms in total. The van der Waals surface area contributed by atoms with Gasteiger partial charge in [-0.25, -0.2) is 13.1 Å². The van der Waals surface area contributed by atoms with Crippen LogP contribution in [0.5, 0.6) is 5.75 Å². The van der Waals surface area contributed by atoms with Gasteiger partial charge in [-0.3, -0.25) is 4.79 Å². The summed E-state index contributed by atoms with van der Waals surface area (Å²) in [4.78, 5) is 11.5. The van der Waals surface area contributed by atoms with Crippen LogP contribution in [0, 0.1) is 5.92 Å². The van der Waals surface area contributed by atoms with Crippen LogP contribution in [-0.2, 0) is 14.8 Å². The number of amides is 1. The van der Waals surface area contributed by atoms with Crippen molar-refractivity contribution in [2.45, 2.75) is 43.5 Å². The van der Waals surface area contributed by atoms with Crippen molar-refractivity contribution in [1.29, 1.82) is 0 Å². The third-order valence-electron chi connectivity index (χ3n) is 4.31. The summed E-state index contributed by atoms with van der Waals surface area (Å²) in [5, 5.41) is 2.63. The molecule has 1 amide bonds. The van der Waals surface area contributed by atoms with Crippen LogP contribution in [0.2, 0.25) is 0 Å². The van der Waals surface area contributed by atoms with Crippen LogP contribution in [0.15, 0.2) is 23.1 Å². The highest BCUT2D eigenvalue weighted by molar-refractivity contribution is 7.89. The number of carbonyl (C=O) groups is 1. The number of carbonyl (C=O) groups excluding carboxylic acids is 1. The van der Waals surface area contributed by atoms with E-state index in [1.807, 2.05) is 0 Å². The molecule has 2 atom stereocenters. The van der Waals surface area contributed by atoms with Crippen LogP contribution in [0.1, 0.15) is 32.6 Å². The molecule has 22 heavy (non-hydrogen) atoms. The van der Waals surface area contributed by atoms with Gasteiger partial charge in [-0.15, -0.1) is 0 Å². The molecule has 1 aromatic carbocycles. The maximum atomic E-state index is 12.5. The maximum absolute atomic E-state index is 12.5. The standard InChI is InChI=1S/C15H20N2O4S/c1-10-4-2-3-5-12(10)17-22(19,20)11-6-7-14-13(8-11)16-15(18)9-21-14/h6-8,10,12,17H,2-5,9H2,1H3,(H,16,18). The summed E-state index contributed by atoms with van der Waals surface area (Å²) in [5.74, 6) is 0.546. The molecule has 2 aliphatic rings. The zero-order chi connectivity index (χ0) is 15.7. The lowest BCUT2D eigenvalue weighted by Crippen LogP contribution is -2.41. The highest BCUT2D eigenvalue weighted by Gasteiger charge is 2.27. The predicted octanol–water partition coefficient (Wildman–Crippen LogP) is 1.87. The maximum Gasteiger partial charge on any atom is 0.262 e. The van der Waals surface area contributed by atoms with E-state index in [2.05, 4.69) is 17.0 Å². The largest absolute Gasteiger partial charge is 0.482 e. The molecule has 0 bridgehead atoms. The van der Waals surface area contributed by atoms with Crippen molar-refractivity contribution in [1.82, 2.24) is 4.72 Å². The molecule has 2 N–H and O–H groups in total. The zero-order valence-electron chi connectivity index (χ0n) is 12.5. The number of benzene rings is 1. The Kier molecular flexibility index (Phi) is 4.10. The summed E-state index contributed by atoms with van der Waals surface area (Å²) in [6.07, 6.45) is 4.11. The van der Waals surface area contributed by atoms with Gasteiger partial charge >= 0.3 is 0 Å². The summed E-state index contributed by atoms with van der Waals surface area (Å²) in [5.41, 5.74) is 0.399. The minimum absolute atomic E-state index is 0.0272. The SMILES string of the molecule is CC1CCCCC1NS(=O)(=O)c1ccc2c(c1)NC(=O)CO2. The highest BCUT2D eigenvalue weighted by Crippen LogP contribution is 2.31. The Labute approximate surface area is 130 Å². The molecular weight excluding hydrogens is 304 g/mol. The van der Waals surface area contributed by atoms with Gasteiger partial charge in [0.15, 0.2) is 6.61 Å². The molecule has 1 heterocycles. The second kappa shape index (κ2) is 5.89. The zero-order valence-corrected chi connectivity index (χ0v) is 13.3. The van der Waals surface area contributed by atoms with Crippen LogP contribution in [0.4, 0.5) is 5.69 Å². The number of anilines is 1. The van der Waals surface area contributed by atoms with E-state index in [4.69, 9.17) is 4.74 Å². The quantitative estimate of drug-likeness (QED) is 0.889. The van der Waals surface area contributed by atoms with Crippen molar-refractivity contribution < 1.29 is 17.9 Å². The highest BCUT2D eigenvalue weighted by atomic mass is 32.2. The van der Waals surface area contributed by atoms with E-state index in [0.29, 0.717) is 17.4 Å². The molecule has 3 rings (SSSR count). The van der Waals surface area contributed by atoms with Gasteiger partial charge in [0.05, 0.1) is 10.6 Å². The first-order valence-corrected chi connectivity index (χ1v) is 9.03. The van der Waals surface area contributed by atoms with Crippen molar-refractivity contribution in [3.05, 3.63) is 18.2 Å². The fourth-order valence-corrected chi connectivity index (χ4v) is 4.39. The predicted molar refractivity (Wildman–Crippen MR) is 82.3 cm³/mol. The summed E-state index contributed by atoms with van der Waals surface area (Å²) in [6, 6.07) is 4.50. The lowest BCUT2D eigenvalue weighted by Gasteiger charge is -2.29. The summed E-state index contributed by atoms with van der Waals surface area (Å²) in [6.45, 7) is 2.03. The number of fused-ring (bicyclic) bond motifs is 1. The second-order valence-corrected chi connectivity index (χ2v) is 7.70. The second-order valence-electron chi connectivity index (χ2n) is 5.98. The monoisotopic (exact) mass is 324 g/mol. The molecule has 2 unspecified atom stereocenters. The Morgan fingerprint density at radius 1 is 1.27 bits per heavy atom. The molecule has 1 aliphatic carbocycles. The van der Waals surface area contributed by atoms with Gasteiger partial charge in [-0.05, 0) is 37.0 Å². The number of hydrogen-bond donors (Lipinski definition) is 2. The van der Waals surface area contributed by atoms with Crippen LogP contribution in [-0.4, -0.2) is 27.0 Å². The van der Waals surface area contributed by atoms with Gasteiger partial charge in [0.2, 0.25) is 10.0 Å². The minimum atomic E-state index is -3.60. The van der Waals surface area contributed by atoms with Crippen molar-refractivity contribution in [3.8, 4) is 5.75 Å². The van der Waals surface area contributed by atoms with E-state index in [9.17, 15) is 13.2 Å². The number of hydrogen-bond acceptors (Lipinski definition) is 4. The van der Waals surface area contributed by atoms with Crippen molar-refractivity contribution >= 4 is 21.6 Å². The molecule has 7 heteroatoms. The third-order valence-corrected chi connectivity index (χ3v) is 5.80. The van der Waals surface area contributed by atoms with Gasteiger partial charge in [0.25, 0.3) is 5.91 Å². The van der Waals surface area contributed by atoms with Gasteiger partial charge < -0.3 is 10.1 Å². The van der Waals surface area contributed by atoms with Crippen molar-refractivity contribution in [2.75, 3.05) is 11.9 Å². The van der Waals surface area contributed by atoms with Crippen LogP contribution >= 0.6 is 0 Å². The Morgan fingerprint density at radius 2 is 2.05 bits per heavy atom. The number of nitrogens with one attached hydrogen (secondary N) is 2. The fraction of sp³-hybridized carbons (Fsp3) is 0.533. The molecule has 1 saturated carbocycles. The first-order chi connectivity index (χ1) is 10.5. The Morgan fingerprint density at radius 3 is 2.82 bits per heavy atom. The smallest absolute Gasteiger partial charge is 0.262 e. The third kappa shape index (κ3) is 3.10. The molecule has 1 fully saturated rings. The Hall–Kier alpha value is -1.60. The first kappa shape index (κ1) is 15.3. The van der Waals surface area contributed by atoms with E-state index < -0.39 is 10.0 Å². The number of ether oxygens (including phenoxy) is 1. The Balaban J connectivity index is 1.83. The summed E-state index contributed by atoms with van der Waals surface area (Å²) in [7, 11) is -3.60. The van der Waals surface area contributed by atoms with E-state index in [-0.39, 0.29) is 23.5 Å². The van der Waals surface area contributed by atoms with Gasteiger partial charge in [-0.1, -0.05) is 19.8 Å². The van der Waals surface area contributed by atoms with Crippen LogP contribution in [0.25, 0.3) is 0 Å². The average molecular weight is 324 g/mol. The van der Waals surface area contributed by atoms with Gasteiger partial charge in [0.1, 0.15) is 5.75 Å². The first-order valence-electron chi connectivity index (χ1n) is 7.55. The van der Waals surface area contributed by atoms with Gasteiger partial charge in [0, 0.05) is 6.04 Å². The lowest BCUT2D eigenvalue weighted by molar-refractivity contribution is -0.118. The molecular formula is C15H20N2O4S. The summed E-state index contributed by atoms with van der Waals surface area (Å²) >= 11 is 0. The Bertz CT molecular complexity index is 687. The molecule has 0 radical (unpaired) electrons. The minimum Gasteiger partial charge on any atom is -0.482 e. The molecule has 1 aliphatic heterocycles. The topological polar surface area (TPSA) is 84.5 Å². The van der Waals surface area contributed by atoms with Crippen LogP contribution in [0.3, 0.4) is 0 Å². The molecule has 1 aromatic rings. The van der Waals surface area contributed by atoms with E-state index in [0.717, 1.165) is 25.7 Å². The average Bonchev–Trinajstić information content (AvgIpc) is 2.48. The van der Waals surface area contributed by atoms with Gasteiger partial charge in [-0.2, -0.15) is 0 Å². The van der Waals surface area contributed by atoms with Crippen molar-refractivity contribution in [3.63, 3.8) is 0 Å². The number of rotatable bonds is 3. The van der Waals surface area contributed by atoms with E-state index >= 15 is 0 Å².